The zero-order chi connectivity index (χ0) is 10.3. The molecule has 0 bridgehead atoms. The van der Waals surface area contributed by atoms with Crippen molar-refractivity contribution >= 4 is 16.3 Å². The summed E-state index contributed by atoms with van der Waals surface area (Å²) in [6.07, 6.45) is 5.05. The average molecular weight is 220 g/mol. The summed E-state index contributed by atoms with van der Waals surface area (Å²) in [6, 6.07) is 0. The summed E-state index contributed by atoms with van der Waals surface area (Å²) in [5.41, 5.74) is 6.65. The van der Waals surface area contributed by atoms with Gasteiger partial charge in [0.05, 0.1) is 5.69 Å². The zero-order valence-electron chi connectivity index (χ0n) is 7.74. The van der Waals surface area contributed by atoms with Gasteiger partial charge < -0.3 is 5.73 Å². The first kappa shape index (κ1) is 8.57. The van der Waals surface area contributed by atoms with Crippen LogP contribution in [-0.4, -0.2) is 24.1 Å². The van der Waals surface area contributed by atoms with Crippen LogP contribution in [0.15, 0.2) is 24.2 Å². The van der Waals surface area contributed by atoms with E-state index in [1.54, 1.807) is 22.3 Å². The number of aromatic nitrogens is 5. The molecule has 0 aliphatic rings. The van der Waals surface area contributed by atoms with E-state index in [4.69, 9.17) is 5.73 Å². The number of imidazole rings is 1. The lowest BCUT2D eigenvalue weighted by atomic mass is 10.4. The number of nitrogens with two attached hydrogens (primary N) is 1. The molecule has 0 atom stereocenters. The van der Waals surface area contributed by atoms with E-state index in [1.807, 2.05) is 16.0 Å². The quantitative estimate of drug-likeness (QED) is 0.680. The Morgan fingerprint density at radius 1 is 1.47 bits per heavy atom. The van der Waals surface area contributed by atoms with Crippen molar-refractivity contribution < 1.29 is 0 Å². The van der Waals surface area contributed by atoms with Crippen molar-refractivity contribution in [3.8, 4) is 5.82 Å². The second-order valence-electron chi connectivity index (χ2n) is 2.98. The Morgan fingerprint density at radius 3 is 3.13 bits per heavy atom. The van der Waals surface area contributed by atoms with Crippen LogP contribution in [0.1, 0.15) is 5.69 Å². The molecule has 2 N–H and O–H groups in total. The fourth-order valence-electron chi connectivity index (χ4n) is 1.51. The maximum absolute atomic E-state index is 5.71. The topological polar surface area (TPSA) is 74.0 Å². The Bertz CT molecular complexity index is 577. The molecule has 0 radical (unpaired) electrons. The minimum atomic E-state index is 0.424. The maximum Gasteiger partial charge on any atom is 0.196 e. The third-order valence-corrected chi connectivity index (χ3v) is 2.93. The first-order valence-corrected chi connectivity index (χ1v) is 5.27. The van der Waals surface area contributed by atoms with Crippen LogP contribution in [0.25, 0.3) is 10.8 Å². The van der Waals surface area contributed by atoms with Crippen LogP contribution in [-0.2, 0) is 6.54 Å². The monoisotopic (exact) mass is 220 g/mol. The van der Waals surface area contributed by atoms with Crippen LogP contribution in [0.5, 0.6) is 0 Å². The largest absolute Gasteiger partial charge is 0.325 e. The van der Waals surface area contributed by atoms with Crippen molar-refractivity contribution in [3.05, 3.63) is 29.9 Å². The molecule has 0 unspecified atom stereocenters. The molecule has 0 amide bonds. The van der Waals surface area contributed by atoms with Crippen molar-refractivity contribution in [3.63, 3.8) is 0 Å². The van der Waals surface area contributed by atoms with Gasteiger partial charge in [-0.2, -0.15) is 10.1 Å². The van der Waals surface area contributed by atoms with Crippen LogP contribution in [0.4, 0.5) is 0 Å². The van der Waals surface area contributed by atoms with E-state index < -0.39 is 0 Å². The molecule has 3 heterocycles. The molecule has 0 fully saturated rings. The molecule has 0 saturated carbocycles. The second-order valence-corrected chi connectivity index (χ2v) is 3.85. The Labute approximate surface area is 89.0 Å². The SMILES string of the molecule is NCc1c(-n2cncn2)nc2sccn12. The molecule has 0 aliphatic carbocycles. The number of fused-ring (bicyclic) bond motifs is 1. The zero-order valence-corrected chi connectivity index (χ0v) is 8.55. The molecule has 3 rings (SSSR count). The van der Waals surface area contributed by atoms with Crippen LogP contribution < -0.4 is 5.73 Å². The van der Waals surface area contributed by atoms with Gasteiger partial charge in [0.2, 0.25) is 0 Å². The molecule has 15 heavy (non-hydrogen) atoms. The lowest BCUT2D eigenvalue weighted by molar-refractivity contribution is 0.824. The highest BCUT2D eigenvalue weighted by atomic mass is 32.1. The van der Waals surface area contributed by atoms with E-state index >= 15 is 0 Å². The minimum absolute atomic E-state index is 0.424. The summed E-state index contributed by atoms with van der Waals surface area (Å²) in [5.74, 6) is 0.752. The van der Waals surface area contributed by atoms with E-state index in [-0.39, 0.29) is 0 Å². The lowest BCUT2D eigenvalue weighted by Crippen LogP contribution is -2.06. The third kappa shape index (κ3) is 1.17. The summed E-state index contributed by atoms with van der Waals surface area (Å²) in [7, 11) is 0. The predicted octanol–water partition coefficient (Wildman–Crippen LogP) is 0.435. The maximum atomic E-state index is 5.71. The highest BCUT2D eigenvalue weighted by Gasteiger charge is 2.13. The van der Waals surface area contributed by atoms with Crippen molar-refractivity contribution in [2.24, 2.45) is 5.73 Å². The summed E-state index contributed by atoms with van der Waals surface area (Å²) in [6.45, 7) is 0.424. The highest BCUT2D eigenvalue weighted by molar-refractivity contribution is 7.15. The molecule has 0 spiro atoms. The standard InChI is InChI=1S/C8H8N6S/c9-3-6-7(14-5-10-4-11-14)12-8-13(6)1-2-15-8/h1-2,4-5H,3,9H2. The fraction of sp³-hybridized carbons (Fsp3) is 0.125. The number of nitrogens with zero attached hydrogens (tertiary/aromatic N) is 5. The van der Waals surface area contributed by atoms with Gasteiger partial charge in [-0.05, 0) is 0 Å². The molecule has 7 heteroatoms. The fourth-order valence-corrected chi connectivity index (χ4v) is 2.24. The Balaban J connectivity index is 2.30. The summed E-state index contributed by atoms with van der Waals surface area (Å²) >= 11 is 1.57. The number of hydrogen-bond donors (Lipinski definition) is 1. The first-order valence-electron chi connectivity index (χ1n) is 4.39. The van der Waals surface area contributed by atoms with Crippen LogP contribution in [0, 0.1) is 0 Å². The molecule has 0 saturated heterocycles. The smallest absolute Gasteiger partial charge is 0.196 e. The van der Waals surface area contributed by atoms with Gasteiger partial charge in [0.25, 0.3) is 0 Å². The first-order chi connectivity index (χ1) is 7.40. The Morgan fingerprint density at radius 2 is 2.40 bits per heavy atom. The van der Waals surface area contributed by atoms with E-state index in [2.05, 4.69) is 15.1 Å². The lowest BCUT2D eigenvalue weighted by Gasteiger charge is -1.98. The normalized spacial score (nSPS) is 11.3. The summed E-state index contributed by atoms with van der Waals surface area (Å²) in [4.78, 5) is 9.26. The van der Waals surface area contributed by atoms with E-state index in [9.17, 15) is 0 Å². The van der Waals surface area contributed by atoms with Gasteiger partial charge >= 0.3 is 0 Å². The second kappa shape index (κ2) is 3.14. The molecular formula is C8H8N6S. The van der Waals surface area contributed by atoms with Crippen molar-refractivity contribution in [2.75, 3.05) is 0 Å². The number of rotatable bonds is 2. The van der Waals surface area contributed by atoms with Gasteiger partial charge in [0.15, 0.2) is 10.8 Å². The van der Waals surface area contributed by atoms with Gasteiger partial charge in [-0.3, -0.25) is 4.40 Å². The van der Waals surface area contributed by atoms with Gasteiger partial charge in [-0.1, -0.05) is 0 Å². The van der Waals surface area contributed by atoms with Crippen molar-refractivity contribution in [1.29, 1.82) is 0 Å². The number of thiazole rings is 1. The van der Waals surface area contributed by atoms with Gasteiger partial charge in [-0.25, -0.2) is 9.67 Å². The van der Waals surface area contributed by atoms with Crippen LogP contribution in [0.2, 0.25) is 0 Å². The van der Waals surface area contributed by atoms with E-state index in [0.29, 0.717) is 6.54 Å². The van der Waals surface area contributed by atoms with E-state index in [1.165, 1.54) is 6.33 Å². The summed E-state index contributed by atoms with van der Waals surface area (Å²) < 4.78 is 3.60. The van der Waals surface area contributed by atoms with Crippen molar-refractivity contribution in [2.45, 2.75) is 6.54 Å². The molecular weight excluding hydrogens is 212 g/mol. The molecule has 0 aromatic carbocycles. The molecule has 0 aliphatic heterocycles. The van der Waals surface area contributed by atoms with Crippen LogP contribution >= 0.6 is 11.3 Å². The van der Waals surface area contributed by atoms with Crippen molar-refractivity contribution in [1.82, 2.24) is 24.1 Å². The van der Waals surface area contributed by atoms with Crippen LogP contribution in [0.3, 0.4) is 0 Å². The average Bonchev–Trinajstić information content (AvgIpc) is 2.93. The number of hydrogen-bond acceptors (Lipinski definition) is 5. The van der Waals surface area contributed by atoms with Gasteiger partial charge in [0, 0.05) is 18.1 Å². The Hall–Kier alpha value is -1.73. The van der Waals surface area contributed by atoms with E-state index in [0.717, 1.165) is 16.5 Å². The molecule has 6 nitrogen and oxygen atoms in total. The molecule has 3 aromatic rings. The highest BCUT2D eigenvalue weighted by Crippen LogP contribution is 2.19. The van der Waals surface area contributed by atoms with Gasteiger partial charge in [-0.15, -0.1) is 11.3 Å². The molecule has 3 aromatic heterocycles. The minimum Gasteiger partial charge on any atom is -0.325 e. The Kier molecular flexibility index (Phi) is 1.79. The molecule has 76 valence electrons. The van der Waals surface area contributed by atoms with Gasteiger partial charge in [0.1, 0.15) is 12.7 Å². The third-order valence-electron chi connectivity index (χ3n) is 2.17. The predicted molar refractivity (Wildman–Crippen MR) is 55.9 cm³/mol. The summed E-state index contributed by atoms with van der Waals surface area (Å²) in [5, 5.41) is 6.03.